The van der Waals surface area contributed by atoms with E-state index in [0.29, 0.717) is 17.6 Å². The van der Waals surface area contributed by atoms with Crippen LogP contribution in [0.2, 0.25) is 0 Å². The van der Waals surface area contributed by atoms with Crippen molar-refractivity contribution in [3.63, 3.8) is 0 Å². The third-order valence-electron chi connectivity index (χ3n) is 4.23. The van der Waals surface area contributed by atoms with Crippen molar-refractivity contribution in [2.24, 2.45) is 17.3 Å². The lowest BCUT2D eigenvalue weighted by molar-refractivity contribution is -0.126. The topological polar surface area (TPSA) is 29.6 Å². The van der Waals surface area contributed by atoms with Gasteiger partial charge in [0.2, 0.25) is 0 Å². The highest BCUT2D eigenvalue weighted by Gasteiger charge is 2.76. The minimum absolute atomic E-state index is 0.257. The minimum atomic E-state index is -0.366. The predicted octanol–water partition coefficient (Wildman–Crippen LogP) is 1.39. The molecule has 2 heteroatoms. The van der Waals surface area contributed by atoms with Gasteiger partial charge >= 0.3 is 0 Å². The largest absolute Gasteiger partial charge is 0.358 e. The lowest BCUT2D eigenvalue weighted by atomic mass is 9.89. The Bertz CT molecular complexity index is 282. The van der Waals surface area contributed by atoms with Gasteiger partial charge in [-0.15, -0.1) is 0 Å². The molecule has 66 valence electrons. The number of rotatable bonds is 0. The van der Waals surface area contributed by atoms with Crippen molar-refractivity contribution < 1.29 is 9.53 Å². The summed E-state index contributed by atoms with van der Waals surface area (Å²) in [5, 5.41) is 0. The highest BCUT2D eigenvalue weighted by molar-refractivity contribution is 5.96. The monoisotopic (exact) mass is 166 g/mol. The van der Waals surface area contributed by atoms with Crippen LogP contribution in [-0.4, -0.2) is 17.5 Å². The summed E-state index contributed by atoms with van der Waals surface area (Å²) in [6.45, 7) is 6.35. The highest BCUT2D eigenvalue weighted by Crippen LogP contribution is 2.69. The van der Waals surface area contributed by atoms with E-state index in [9.17, 15) is 4.79 Å². The zero-order valence-corrected chi connectivity index (χ0v) is 7.76. The fourth-order valence-electron chi connectivity index (χ4n) is 3.00. The van der Waals surface area contributed by atoms with Crippen LogP contribution in [0.25, 0.3) is 0 Å². The summed E-state index contributed by atoms with van der Waals surface area (Å²) in [6.07, 6.45) is 1.37. The minimum Gasteiger partial charge on any atom is -0.358 e. The van der Waals surface area contributed by atoms with Crippen molar-refractivity contribution >= 4 is 5.78 Å². The molecule has 1 aliphatic heterocycles. The standard InChI is InChI=1S/C10H14O2/c1-9(2)5-4-6-10(3,12-6)8(11)7(5)9/h5-7H,4H2,1-3H3/t5-,6-,7-,10-/m0/s1. The van der Waals surface area contributed by atoms with Crippen LogP contribution in [-0.2, 0) is 9.53 Å². The molecule has 3 aliphatic rings. The molecule has 0 aromatic heterocycles. The molecule has 0 bridgehead atoms. The van der Waals surface area contributed by atoms with Gasteiger partial charge in [-0.3, -0.25) is 4.79 Å². The fourth-order valence-corrected chi connectivity index (χ4v) is 3.00. The number of ether oxygens (including phenoxy) is 1. The molecule has 0 aromatic carbocycles. The Morgan fingerprint density at radius 1 is 1.42 bits per heavy atom. The van der Waals surface area contributed by atoms with E-state index in [-0.39, 0.29) is 17.1 Å². The van der Waals surface area contributed by atoms with E-state index >= 15 is 0 Å². The van der Waals surface area contributed by atoms with Gasteiger partial charge in [0.1, 0.15) is 0 Å². The Hall–Kier alpha value is -0.370. The first-order valence-corrected chi connectivity index (χ1v) is 4.70. The second-order valence-corrected chi connectivity index (χ2v) is 5.22. The molecule has 1 heterocycles. The summed E-state index contributed by atoms with van der Waals surface area (Å²) in [4.78, 5) is 11.8. The highest BCUT2D eigenvalue weighted by atomic mass is 16.6. The van der Waals surface area contributed by atoms with Gasteiger partial charge in [-0.1, -0.05) is 13.8 Å². The first-order valence-electron chi connectivity index (χ1n) is 4.70. The third kappa shape index (κ3) is 0.535. The van der Waals surface area contributed by atoms with Gasteiger partial charge in [-0.05, 0) is 24.7 Å². The second-order valence-electron chi connectivity index (χ2n) is 5.22. The molecule has 0 aromatic rings. The van der Waals surface area contributed by atoms with Gasteiger partial charge in [0, 0.05) is 5.92 Å². The number of fused-ring (bicyclic) bond motifs is 2. The average molecular weight is 166 g/mol. The zero-order chi connectivity index (χ0) is 8.72. The van der Waals surface area contributed by atoms with Gasteiger partial charge in [-0.2, -0.15) is 0 Å². The van der Waals surface area contributed by atoms with Gasteiger partial charge in [0.05, 0.1) is 6.10 Å². The normalized spacial score (nSPS) is 58.9. The van der Waals surface area contributed by atoms with Crippen LogP contribution in [0.4, 0.5) is 0 Å². The second kappa shape index (κ2) is 1.50. The van der Waals surface area contributed by atoms with Crippen LogP contribution in [0.5, 0.6) is 0 Å². The van der Waals surface area contributed by atoms with Crippen molar-refractivity contribution in [2.45, 2.75) is 38.9 Å². The van der Waals surface area contributed by atoms with Crippen molar-refractivity contribution in [1.29, 1.82) is 0 Å². The summed E-state index contributed by atoms with van der Waals surface area (Å²) in [6, 6.07) is 0. The van der Waals surface area contributed by atoms with Crippen LogP contribution in [0.15, 0.2) is 0 Å². The van der Waals surface area contributed by atoms with Crippen molar-refractivity contribution in [3.05, 3.63) is 0 Å². The van der Waals surface area contributed by atoms with Crippen molar-refractivity contribution in [1.82, 2.24) is 0 Å². The third-order valence-corrected chi connectivity index (χ3v) is 4.23. The Morgan fingerprint density at radius 2 is 2.08 bits per heavy atom. The zero-order valence-electron chi connectivity index (χ0n) is 7.76. The Balaban J connectivity index is 1.96. The van der Waals surface area contributed by atoms with E-state index in [1.807, 2.05) is 6.92 Å². The summed E-state index contributed by atoms with van der Waals surface area (Å²) >= 11 is 0. The lowest BCUT2D eigenvalue weighted by Crippen LogP contribution is -2.29. The maximum Gasteiger partial charge on any atom is 0.170 e. The van der Waals surface area contributed by atoms with Crippen molar-refractivity contribution in [2.75, 3.05) is 0 Å². The SMILES string of the molecule is CC1(C)[C@@H]2C(=O)[C@@]3(C)O[C@H]3C[C@@H]21. The molecule has 3 fully saturated rings. The van der Waals surface area contributed by atoms with Crippen LogP contribution in [0.1, 0.15) is 27.2 Å². The molecule has 0 amide bonds. The predicted molar refractivity (Wildman–Crippen MR) is 43.7 cm³/mol. The molecule has 0 spiro atoms. The molecule has 2 aliphatic carbocycles. The molecule has 2 saturated carbocycles. The molecule has 1 saturated heterocycles. The van der Waals surface area contributed by atoms with Crippen molar-refractivity contribution in [3.8, 4) is 0 Å². The molecule has 0 N–H and O–H groups in total. The van der Waals surface area contributed by atoms with E-state index in [4.69, 9.17) is 4.74 Å². The van der Waals surface area contributed by atoms with Crippen LogP contribution < -0.4 is 0 Å². The summed E-state index contributed by atoms with van der Waals surface area (Å²) in [7, 11) is 0. The summed E-state index contributed by atoms with van der Waals surface area (Å²) < 4.78 is 5.42. The summed E-state index contributed by atoms with van der Waals surface area (Å²) in [5.74, 6) is 1.29. The van der Waals surface area contributed by atoms with Crippen LogP contribution in [0.3, 0.4) is 0 Å². The number of hydrogen-bond donors (Lipinski definition) is 0. The fraction of sp³-hybridized carbons (Fsp3) is 0.900. The summed E-state index contributed by atoms with van der Waals surface area (Å²) in [5.41, 5.74) is -0.0915. The molecule has 12 heavy (non-hydrogen) atoms. The van der Waals surface area contributed by atoms with E-state index in [1.54, 1.807) is 0 Å². The quantitative estimate of drug-likeness (QED) is 0.509. The molecule has 4 atom stereocenters. The maximum atomic E-state index is 11.8. The first kappa shape index (κ1) is 7.07. The van der Waals surface area contributed by atoms with Gasteiger partial charge < -0.3 is 4.74 Å². The van der Waals surface area contributed by atoms with Gasteiger partial charge in [0.15, 0.2) is 11.4 Å². The number of carbonyl (C=O) groups excluding carboxylic acids is 1. The Labute approximate surface area is 72.3 Å². The molecule has 3 rings (SSSR count). The molecular weight excluding hydrogens is 152 g/mol. The number of epoxide rings is 1. The number of hydrogen-bond acceptors (Lipinski definition) is 2. The maximum absolute atomic E-state index is 11.8. The van der Waals surface area contributed by atoms with Crippen LogP contribution in [0, 0.1) is 17.3 Å². The van der Waals surface area contributed by atoms with E-state index in [2.05, 4.69) is 13.8 Å². The van der Waals surface area contributed by atoms with Gasteiger partial charge in [-0.25, -0.2) is 0 Å². The number of carbonyl (C=O) groups is 1. The molecule has 0 unspecified atom stereocenters. The number of Topliss-reactive ketones (excluding diaryl/α,β-unsaturated/α-hetero) is 1. The van der Waals surface area contributed by atoms with Crippen LogP contribution >= 0.6 is 0 Å². The Morgan fingerprint density at radius 3 is 2.75 bits per heavy atom. The first-order chi connectivity index (χ1) is 5.48. The molecule has 0 radical (unpaired) electrons. The molecule has 2 nitrogen and oxygen atoms in total. The number of ketones is 1. The molecular formula is C10H14O2. The van der Waals surface area contributed by atoms with E-state index < -0.39 is 0 Å². The smallest absolute Gasteiger partial charge is 0.170 e. The van der Waals surface area contributed by atoms with Gasteiger partial charge in [0.25, 0.3) is 0 Å². The van der Waals surface area contributed by atoms with E-state index in [1.165, 1.54) is 0 Å². The average Bonchev–Trinajstić information content (AvgIpc) is 2.74. The lowest BCUT2D eigenvalue weighted by Gasteiger charge is -2.08. The van der Waals surface area contributed by atoms with E-state index in [0.717, 1.165) is 6.42 Å². The Kier molecular flexibility index (Phi) is 0.885.